The Hall–Kier alpha value is -0.950. The van der Waals surface area contributed by atoms with E-state index in [0.717, 1.165) is 11.3 Å². The minimum absolute atomic E-state index is 0.475. The molecule has 0 amide bonds. The summed E-state index contributed by atoms with van der Waals surface area (Å²) in [4.78, 5) is 16.7. The number of rotatable bonds is 3. The van der Waals surface area contributed by atoms with Gasteiger partial charge in [0.15, 0.2) is 5.01 Å². The van der Waals surface area contributed by atoms with Crippen LogP contribution in [0.2, 0.25) is 0 Å². The number of thiazole rings is 1. The Bertz CT molecular complexity index is 359. The first-order valence-corrected chi connectivity index (χ1v) is 4.83. The fourth-order valence-electron chi connectivity index (χ4n) is 0.919. The fourth-order valence-corrected chi connectivity index (χ4v) is 1.91. The predicted molar refractivity (Wildman–Crippen MR) is 49.9 cm³/mol. The highest BCUT2D eigenvalue weighted by Crippen LogP contribution is 2.24. The summed E-state index contributed by atoms with van der Waals surface area (Å²) in [6, 6.07) is 0. The van der Waals surface area contributed by atoms with Gasteiger partial charge in [-0.2, -0.15) is 13.2 Å². The van der Waals surface area contributed by atoms with Crippen molar-refractivity contribution in [2.75, 3.05) is 14.1 Å². The van der Waals surface area contributed by atoms with Gasteiger partial charge in [-0.05, 0) is 14.1 Å². The van der Waals surface area contributed by atoms with Crippen molar-refractivity contribution < 1.29 is 18.0 Å². The van der Waals surface area contributed by atoms with Gasteiger partial charge in [0.2, 0.25) is 0 Å². The Kier molecular flexibility index (Phi) is 3.46. The third-order valence-corrected chi connectivity index (χ3v) is 2.46. The first-order valence-electron chi connectivity index (χ1n) is 4.01. The molecule has 0 saturated carbocycles. The Balaban J connectivity index is 2.81. The Morgan fingerprint density at radius 2 is 2.13 bits per heavy atom. The van der Waals surface area contributed by atoms with Gasteiger partial charge in [0.25, 0.3) is 5.78 Å². The minimum atomic E-state index is -4.84. The lowest BCUT2D eigenvalue weighted by atomic mass is 10.4. The SMILES string of the molecule is CN(C)Cc1cnc(C(=O)C(F)(F)F)s1. The molecule has 0 fully saturated rings. The molecule has 0 unspecified atom stereocenters. The number of carbonyl (C=O) groups excluding carboxylic acids is 1. The van der Waals surface area contributed by atoms with E-state index in [1.54, 1.807) is 19.0 Å². The third kappa shape index (κ3) is 3.28. The normalized spacial score (nSPS) is 12.1. The molecule has 0 bridgehead atoms. The summed E-state index contributed by atoms with van der Waals surface area (Å²) in [5, 5.41) is -0.501. The third-order valence-electron chi connectivity index (χ3n) is 1.48. The maximum Gasteiger partial charge on any atom is 0.457 e. The topological polar surface area (TPSA) is 33.2 Å². The lowest BCUT2D eigenvalue weighted by molar-refractivity contribution is -0.0885. The fraction of sp³-hybridized carbons (Fsp3) is 0.500. The molecule has 1 heterocycles. The van der Waals surface area contributed by atoms with E-state index in [-0.39, 0.29) is 0 Å². The van der Waals surface area contributed by atoms with E-state index in [0.29, 0.717) is 11.4 Å². The van der Waals surface area contributed by atoms with Crippen molar-refractivity contribution in [1.82, 2.24) is 9.88 Å². The van der Waals surface area contributed by atoms with Crippen LogP contribution in [0.4, 0.5) is 13.2 Å². The highest BCUT2D eigenvalue weighted by atomic mass is 32.1. The van der Waals surface area contributed by atoms with Gasteiger partial charge in [0.1, 0.15) is 0 Å². The molecule has 0 aromatic carbocycles. The van der Waals surface area contributed by atoms with Crippen LogP contribution < -0.4 is 0 Å². The second kappa shape index (κ2) is 4.28. The van der Waals surface area contributed by atoms with E-state index in [1.165, 1.54) is 6.20 Å². The first-order chi connectivity index (χ1) is 6.80. The van der Waals surface area contributed by atoms with E-state index in [1.807, 2.05) is 0 Å². The lowest BCUT2D eigenvalue weighted by Gasteiger charge is -2.05. The Morgan fingerprint density at radius 3 is 2.60 bits per heavy atom. The van der Waals surface area contributed by atoms with Gasteiger partial charge >= 0.3 is 6.18 Å². The summed E-state index contributed by atoms with van der Waals surface area (Å²) in [5.41, 5.74) is 0. The molecule has 1 aromatic rings. The van der Waals surface area contributed by atoms with Gasteiger partial charge in [-0.15, -0.1) is 11.3 Å². The molecule has 0 aliphatic rings. The number of hydrogen-bond donors (Lipinski definition) is 0. The first kappa shape index (κ1) is 12.1. The van der Waals surface area contributed by atoms with Gasteiger partial charge in [-0.25, -0.2) is 4.98 Å². The number of Topliss-reactive ketones (excluding diaryl/α,β-unsaturated/α-hetero) is 1. The van der Waals surface area contributed by atoms with E-state index < -0.39 is 17.0 Å². The van der Waals surface area contributed by atoms with Crippen molar-refractivity contribution in [3.63, 3.8) is 0 Å². The molecule has 0 radical (unpaired) electrons. The lowest BCUT2D eigenvalue weighted by Crippen LogP contribution is -2.22. The standard InChI is InChI=1S/C8H9F3N2OS/c1-13(2)4-5-3-12-7(15-5)6(14)8(9,10)11/h3H,4H2,1-2H3. The average Bonchev–Trinajstić information content (AvgIpc) is 2.48. The molecule has 0 aliphatic heterocycles. The number of alkyl halides is 3. The summed E-state index contributed by atoms with van der Waals surface area (Å²) in [6.45, 7) is 0.475. The molecule has 15 heavy (non-hydrogen) atoms. The smallest absolute Gasteiger partial charge is 0.304 e. The average molecular weight is 238 g/mol. The summed E-state index contributed by atoms with van der Waals surface area (Å²) >= 11 is 0.774. The Morgan fingerprint density at radius 1 is 1.53 bits per heavy atom. The number of carbonyl (C=O) groups is 1. The van der Waals surface area contributed by atoms with Crippen molar-refractivity contribution in [1.29, 1.82) is 0 Å². The van der Waals surface area contributed by atoms with Gasteiger partial charge in [-0.1, -0.05) is 0 Å². The van der Waals surface area contributed by atoms with Gasteiger partial charge < -0.3 is 4.90 Å². The molecule has 0 atom stereocenters. The monoisotopic (exact) mass is 238 g/mol. The maximum absolute atomic E-state index is 12.0. The zero-order valence-corrected chi connectivity index (χ0v) is 8.95. The predicted octanol–water partition coefficient (Wildman–Crippen LogP) is 1.95. The number of hydrogen-bond acceptors (Lipinski definition) is 4. The minimum Gasteiger partial charge on any atom is -0.304 e. The zero-order chi connectivity index (χ0) is 11.6. The molecule has 1 aromatic heterocycles. The highest BCUT2D eigenvalue weighted by molar-refractivity contribution is 7.13. The molecule has 3 nitrogen and oxygen atoms in total. The van der Waals surface area contributed by atoms with Crippen LogP contribution in [-0.2, 0) is 6.54 Å². The second-order valence-corrected chi connectivity index (χ2v) is 4.31. The summed E-state index contributed by atoms with van der Waals surface area (Å²) in [5.74, 6) is -1.88. The largest absolute Gasteiger partial charge is 0.457 e. The molecule has 0 N–H and O–H groups in total. The van der Waals surface area contributed by atoms with Crippen LogP contribution in [0.25, 0.3) is 0 Å². The highest BCUT2D eigenvalue weighted by Gasteiger charge is 2.41. The van der Waals surface area contributed by atoms with Crippen molar-refractivity contribution in [2.45, 2.75) is 12.7 Å². The second-order valence-electron chi connectivity index (χ2n) is 3.20. The summed E-state index contributed by atoms with van der Waals surface area (Å²) in [6.07, 6.45) is -3.54. The number of halogens is 3. The molecule has 1 rings (SSSR count). The molecule has 0 aliphatic carbocycles. The van der Waals surface area contributed by atoms with Crippen LogP contribution in [0, 0.1) is 0 Å². The molecule has 84 valence electrons. The molecule has 0 spiro atoms. The van der Waals surface area contributed by atoms with Crippen molar-refractivity contribution >= 4 is 17.1 Å². The van der Waals surface area contributed by atoms with Gasteiger partial charge in [0.05, 0.1) is 0 Å². The van der Waals surface area contributed by atoms with E-state index in [4.69, 9.17) is 0 Å². The zero-order valence-electron chi connectivity index (χ0n) is 8.13. The number of nitrogens with zero attached hydrogens (tertiary/aromatic N) is 2. The van der Waals surface area contributed by atoms with Gasteiger partial charge in [0, 0.05) is 17.6 Å². The molecular weight excluding hydrogens is 229 g/mol. The van der Waals surface area contributed by atoms with Crippen LogP contribution in [0.3, 0.4) is 0 Å². The van der Waals surface area contributed by atoms with Crippen LogP contribution in [0.1, 0.15) is 14.7 Å². The number of ketones is 1. The Labute approximate surface area is 88.5 Å². The van der Waals surface area contributed by atoms with Crippen LogP contribution >= 0.6 is 11.3 Å². The quantitative estimate of drug-likeness (QED) is 0.754. The summed E-state index contributed by atoms with van der Waals surface area (Å²) < 4.78 is 36.0. The molecule has 0 saturated heterocycles. The van der Waals surface area contributed by atoms with Gasteiger partial charge in [-0.3, -0.25) is 4.79 Å². The maximum atomic E-state index is 12.0. The van der Waals surface area contributed by atoms with E-state index >= 15 is 0 Å². The van der Waals surface area contributed by atoms with E-state index in [2.05, 4.69) is 4.98 Å². The van der Waals surface area contributed by atoms with Crippen molar-refractivity contribution in [3.8, 4) is 0 Å². The molecular formula is C8H9F3N2OS. The van der Waals surface area contributed by atoms with Crippen LogP contribution in [0.5, 0.6) is 0 Å². The van der Waals surface area contributed by atoms with Crippen LogP contribution in [-0.4, -0.2) is 35.9 Å². The van der Waals surface area contributed by atoms with Crippen LogP contribution in [0.15, 0.2) is 6.20 Å². The summed E-state index contributed by atoms with van der Waals surface area (Å²) in [7, 11) is 3.57. The molecule has 7 heteroatoms. The number of aromatic nitrogens is 1. The van der Waals surface area contributed by atoms with Crippen molar-refractivity contribution in [3.05, 3.63) is 16.1 Å². The van der Waals surface area contributed by atoms with E-state index in [9.17, 15) is 18.0 Å². The van der Waals surface area contributed by atoms with Crippen molar-refractivity contribution in [2.24, 2.45) is 0 Å².